The van der Waals surface area contributed by atoms with Crippen LogP contribution in [0.3, 0.4) is 0 Å². The molecule has 12 rings (SSSR count). The summed E-state index contributed by atoms with van der Waals surface area (Å²) in [5.74, 6) is 1.43. The maximum absolute atomic E-state index is 15.1. The van der Waals surface area contributed by atoms with E-state index in [9.17, 15) is 35.4 Å². The van der Waals surface area contributed by atoms with Gasteiger partial charge in [-0.25, -0.2) is 0 Å². The first-order chi connectivity index (χ1) is 37.9. The van der Waals surface area contributed by atoms with E-state index in [0.717, 1.165) is 74.9 Å². The van der Waals surface area contributed by atoms with E-state index in [1.165, 1.54) is 5.56 Å². The number of nitrogens with one attached hydrogen (secondary N) is 2. The minimum Gasteiger partial charge on any atom is -0.508 e. The van der Waals surface area contributed by atoms with Gasteiger partial charge in [-0.2, -0.15) is 0 Å². The Hall–Kier alpha value is -3.94. The van der Waals surface area contributed by atoms with Crippen molar-refractivity contribution in [3.05, 3.63) is 118 Å². The summed E-state index contributed by atoms with van der Waals surface area (Å²) in [6, 6.07) is 25.1. The van der Waals surface area contributed by atoms with Gasteiger partial charge in [-0.15, -0.1) is 0 Å². The number of aliphatic hydroxyl groups is 4. The van der Waals surface area contributed by atoms with E-state index in [2.05, 4.69) is 41.0 Å². The van der Waals surface area contributed by atoms with Gasteiger partial charge >= 0.3 is 0 Å². The molecule has 8 N–H and O–H groups in total. The zero-order chi connectivity index (χ0) is 54.2. The molecule has 416 valence electrons. The first kappa shape index (κ1) is 55.9. The van der Waals surface area contributed by atoms with Gasteiger partial charge in [-0.1, -0.05) is 97.8 Å². The van der Waals surface area contributed by atoms with Crippen LogP contribution in [0.25, 0.3) is 21.9 Å². The van der Waals surface area contributed by atoms with Gasteiger partial charge in [0.25, 0.3) is 0 Å². The van der Waals surface area contributed by atoms with Gasteiger partial charge in [0.05, 0.1) is 36.7 Å². The van der Waals surface area contributed by atoms with Crippen LogP contribution in [0.2, 0.25) is 0 Å². The predicted molar refractivity (Wildman–Crippen MR) is 315 cm³/mol. The van der Waals surface area contributed by atoms with Crippen LogP contribution in [0.1, 0.15) is 135 Å². The fourth-order valence-electron chi connectivity index (χ4n) is 14.3. The summed E-state index contributed by atoms with van der Waals surface area (Å²) in [5, 5.41) is 78.5. The van der Waals surface area contributed by atoms with E-state index in [4.69, 9.17) is 9.47 Å². The Morgan fingerprint density at radius 1 is 0.910 bits per heavy atom. The van der Waals surface area contributed by atoms with Crippen molar-refractivity contribution in [2.24, 2.45) is 17.8 Å². The minimum absolute atomic E-state index is 0.000726. The molecule has 12 atom stereocenters. The van der Waals surface area contributed by atoms with Crippen LogP contribution in [0.4, 0.5) is 5.69 Å². The number of phenols is 2. The normalized spacial score (nSPS) is 30.3. The quantitative estimate of drug-likeness (QED) is 0.0648. The van der Waals surface area contributed by atoms with Crippen LogP contribution in [-0.4, -0.2) is 103 Å². The third-order valence-electron chi connectivity index (χ3n) is 18.4. The number of aryl methyl sites for hydroxylation is 1. The van der Waals surface area contributed by atoms with Crippen LogP contribution in [-0.2, 0) is 39.5 Å². The lowest BCUT2D eigenvalue weighted by Crippen LogP contribution is -2.54. The highest BCUT2D eigenvalue weighted by Crippen LogP contribution is 2.60. The Morgan fingerprint density at radius 2 is 1.74 bits per heavy atom. The summed E-state index contributed by atoms with van der Waals surface area (Å²) >= 11 is 0. The smallest absolute Gasteiger partial charge is 0.168 e. The number of rotatable bonds is 9. The second-order valence-corrected chi connectivity index (χ2v) is 28.1. The molecule has 5 heterocycles. The third-order valence-corrected chi connectivity index (χ3v) is 24.8. The average Bonchev–Trinajstić information content (AvgIpc) is 3.85. The Morgan fingerprint density at radius 3 is 2.51 bits per heavy atom. The highest BCUT2D eigenvalue weighted by Gasteiger charge is 2.53. The molecule has 78 heavy (non-hydrogen) atoms. The number of ether oxygens (including phenoxy) is 2. The SMILES string of the molecule is COc1c(O)ccc2c1-c1ccc3ccc(O)cc3c1CSS[C@@]13CC[C@@H](C[C@@H]1O)[C@H](CC(=O)CC2)O[C@H]1N[C@@H](CCCO)[C@@H](CSS[C@H]3Cc2ccccc2)C[C@H]2c3c1cc(CO)c1c3[C@@H](CC[C@H](C(C)=O)N1)C[C@H]2CO. The zero-order valence-electron chi connectivity index (χ0n) is 44.5. The largest absolute Gasteiger partial charge is 0.508 e. The molecule has 16 heteroatoms. The Balaban J connectivity index is 1.10. The van der Waals surface area contributed by atoms with Gasteiger partial charge < -0.3 is 45.4 Å². The number of carbonyl (C=O) groups excluding carboxylic acids is 2. The third kappa shape index (κ3) is 11.0. The molecule has 3 fully saturated rings. The van der Waals surface area contributed by atoms with Gasteiger partial charge in [0.2, 0.25) is 0 Å². The number of anilines is 1. The zero-order valence-corrected chi connectivity index (χ0v) is 47.8. The summed E-state index contributed by atoms with van der Waals surface area (Å²) in [7, 11) is 8.74. The number of phenolic OH excluding ortho intramolecular Hbond substituents is 2. The lowest BCUT2D eigenvalue weighted by atomic mass is 9.63. The molecule has 5 aliphatic heterocycles. The van der Waals surface area contributed by atoms with Crippen LogP contribution in [0, 0.1) is 17.8 Å². The summed E-state index contributed by atoms with van der Waals surface area (Å²) in [6.45, 7) is 1.38. The number of carbonyl (C=O) groups is 2. The molecule has 0 amide bonds. The Bertz CT molecular complexity index is 3000. The van der Waals surface area contributed by atoms with Crippen molar-refractivity contribution >= 4 is 71.2 Å². The number of fused-ring (bicyclic) bond motifs is 9. The number of benzene rings is 5. The number of aromatic hydroxyl groups is 2. The van der Waals surface area contributed by atoms with Gasteiger partial charge in [-0.3, -0.25) is 14.9 Å². The molecule has 5 aromatic rings. The lowest BCUT2D eigenvalue weighted by Gasteiger charge is -2.50. The standard InChI is InChI=1S/C62H74N2O10S4/c1-34(68)50-18-13-39-24-40(30-66)47-26-42-32-75-77-55(23-35-7-4-3-5-8-35)62-21-20-38(27-54(62)72)53(74-61(64-51(42)9-6-22-65)48-25-41(31-67)59(63-50)57(39)58(47)48)29-44(70)16-11-37-14-19-52(71)60(73-2)56(37)45-17-12-36-10-15-43(69)28-46(36)49(45)33-76-78-62/h3-5,7-8,10,12,14-15,17,19,25,28,38-40,42,47,50-51,53-55,61,63-67,69,71-72H,6,9,11,13,16,18,20-24,26-27,29-33H2,1-2H3/t38-,39-,40-,42+,47+,50+,51-,53-,54-,55-,61+,62-/m0/s1. The summed E-state index contributed by atoms with van der Waals surface area (Å²) in [4.78, 5) is 28.3. The minimum atomic E-state index is -0.792. The van der Waals surface area contributed by atoms with E-state index >= 15 is 4.79 Å². The van der Waals surface area contributed by atoms with Crippen LogP contribution in [0.5, 0.6) is 17.2 Å². The molecule has 0 aromatic heterocycles. The molecule has 0 radical (unpaired) electrons. The van der Waals surface area contributed by atoms with Gasteiger partial charge in [0.1, 0.15) is 17.8 Å². The molecular formula is C62H74N2O10S4. The van der Waals surface area contributed by atoms with Crippen molar-refractivity contribution < 1.29 is 49.7 Å². The number of hydrogen-bond donors (Lipinski definition) is 8. The maximum Gasteiger partial charge on any atom is 0.168 e. The van der Waals surface area contributed by atoms with Crippen molar-refractivity contribution in [3.63, 3.8) is 0 Å². The average molecular weight is 1140 g/mol. The molecule has 2 aliphatic carbocycles. The summed E-state index contributed by atoms with van der Waals surface area (Å²) in [5.41, 5.74) is 9.11. The summed E-state index contributed by atoms with van der Waals surface area (Å²) < 4.78 is 13.1. The Labute approximate surface area is 473 Å². The topological polar surface area (TPSA) is 198 Å². The van der Waals surface area contributed by atoms with E-state index in [1.807, 2.05) is 51.9 Å². The summed E-state index contributed by atoms with van der Waals surface area (Å²) in [6.07, 6.45) is 5.03. The van der Waals surface area contributed by atoms with Crippen LogP contribution in [0.15, 0.2) is 78.9 Å². The Kier molecular flexibility index (Phi) is 17.4. The molecule has 7 aliphatic rings. The van der Waals surface area contributed by atoms with Crippen molar-refractivity contribution in [2.75, 3.05) is 31.4 Å². The van der Waals surface area contributed by atoms with Crippen molar-refractivity contribution in [1.82, 2.24) is 5.32 Å². The first-order valence-electron chi connectivity index (χ1n) is 28.1. The number of hydrogen-bond acceptors (Lipinski definition) is 16. The van der Waals surface area contributed by atoms with Crippen molar-refractivity contribution in [2.45, 2.75) is 155 Å². The number of ketones is 2. The fraction of sp³-hybridized carbons (Fsp3) is 0.516. The number of Topliss-reactive ketones (excluding diaryl/α,β-unsaturated/α-hetero) is 2. The van der Waals surface area contributed by atoms with E-state index in [0.29, 0.717) is 74.0 Å². The van der Waals surface area contributed by atoms with Gasteiger partial charge in [-0.05, 0) is 181 Å². The molecule has 5 aromatic carbocycles. The molecule has 12 nitrogen and oxygen atoms in total. The first-order valence-corrected chi connectivity index (χ1v) is 32.8. The van der Waals surface area contributed by atoms with Gasteiger partial charge in [0.15, 0.2) is 17.3 Å². The molecule has 0 unspecified atom stereocenters. The highest BCUT2D eigenvalue weighted by atomic mass is 33.1. The highest BCUT2D eigenvalue weighted by molar-refractivity contribution is 8.78. The van der Waals surface area contributed by atoms with E-state index in [1.54, 1.807) is 53.8 Å². The predicted octanol–water partition coefficient (Wildman–Crippen LogP) is 11.3. The van der Waals surface area contributed by atoms with Crippen molar-refractivity contribution in [1.29, 1.82) is 0 Å². The van der Waals surface area contributed by atoms with E-state index < -0.39 is 29.2 Å². The van der Waals surface area contributed by atoms with Crippen LogP contribution < -0.4 is 15.4 Å². The monoisotopic (exact) mass is 1130 g/mol. The van der Waals surface area contributed by atoms with Crippen LogP contribution >= 0.6 is 43.2 Å². The molecular weight excluding hydrogens is 1060 g/mol. The molecule has 0 spiro atoms. The number of aliphatic hydroxyl groups excluding tert-OH is 4. The number of methoxy groups -OCH3 is 1. The van der Waals surface area contributed by atoms with E-state index in [-0.39, 0.29) is 96.6 Å². The maximum atomic E-state index is 15.1. The lowest BCUT2D eigenvalue weighted by molar-refractivity contribution is -0.130. The fourth-order valence-corrected chi connectivity index (χ4v) is 21.9. The van der Waals surface area contributed by atoms with Gasteiger partial charge in [0, 0.05) is 65.7 Å². The molecule has 2 saturated heterocycles. The molecule has 5 bridgehead atoms. The van der Waals surface area contributed by atoms with Crippen molar-refractivity contribution in [3.8, 4) is 28.4 Å². The second kappa shape index (κ2) is 24.3. The molecule has 1 saturated carbocycles. The second-order valence-electron chi connectivity index (χ2n) is 22.8.